The number of nitrogens with zero attached hydrogens (tertiary/aromatic N) is 1. The molecule has 3 rings (SSSR count). The molecule has 1 aromatic carbocycles. The quantitative estimate of drug-likeness (QED) is 0.592. The maximum atomic E-state index is 13.4. The van der Waals surface area contributed by atoms with Gasteiger partial charge in [0.05, 0.1) is 23.1 Å². The summed E-state index contributed by atoms with van der Waals surface area (Å²) in [6, 6.07) is 7.02. The number of amides is 3. The Balaban J connectivity index is 1.72. The highest BCUT2D eigenvalue weighted by Gasteiger charge is 2.34. The van der Waals surface area contributed by atoms with E-state index >= 15 is 0 Å². The first-order valence-corrected chi connectivity index (χ1v) is 8.31. The lowest BCUT2D eigenvalue weighted by Crippen LogP contribution is -2.29. The number of aromatic nitrogens is 1. The van der Waals surface area contributed by atoms with Gasteiger partial charge in [0.15, 0.2) is 0 Å². The Labute approximate surface area is 162 Å². The Hall–Kier alpha value is -3.82. The van der Waals surface area contributed by atoms with Crippen molar-refractivity contribution in [2.45, 2.75) is 12.7 Å². The SMILES string of the molecule is O=C(NCc1cccnc1)Nc1ccc(NC(=O)c2ccoc2)cc1C(F)(F)F. The van der Waals surface area contributed by atoms with Crippen molar-refractivity contribution >= 4 is 23.3 Å². The van der Waals surface area contributed by atoms with Crippen molar-refractivity contribution in [1.29, 1.82) is 0 Å². The number of carbonyl (C=O) groups excluding carboxylic acids is 2. The van der Waals surface area contributed by atoms with Crippen LogP contribution in [0.5, 0.6) is 0 Å². The zero-order valence-corrected chi connectivity index (χ0v) is 14.8. The van der Waals surface area contributed by atoms with Crippen LogP contribution in [0.1, 0.15) is 21.5 Å². The molecule has 10 heteroatoms. The van der Waals surface area contributed by atoms with Crippen molar-refractivity contribution in [3.05, 3.63) is 78.0 Å². The number of halogens is 3. The first-order chi connectivity index (χ1) is 13.8. The van der Waals surface area contributed by atoms with Crippen LogP contribution in [0, 0.1) is 0 Å². The number of urea groups is 1. The van der Waals surface area contributed by atoms with Crippen molar-refractivity contribution in [3.8, 4) is 0 Å². The summed E-state index contributed by atoms with van der Waals surface area (Å²) in [4.78, 5) is 27.9. The standard InChI is InChI=1S/C19H15F3N4O3/c20-19(21,22)15-8-14(25-17(27)13-5-7-29-11-13)3-4-16(15)26-18(28)24-10-12-2-1-6-23-9-12/h1-9,11H,10H2,(H,25,27)(H2,24,26,28). The normalized spacial score (nSPS) is 11.0. The second kappa shape index (κ2) is 8.46. The number of carbonyl (C=O) groups is 2. The average Bonchev–Trinajstić information content (AvgIpc) is 3.22. The van der Waals surface area contributed by atoms with Crippen molar-refractivity contribution < 1.29 is 27.2 Å². The van der Waals surface area contributed by atoms with Gasteiger partial charge in [0.1, 0.15) is 6.26 Å². The molecule has 2 heterocycles. The molecule has 0 radical (unpaired) electrons. The van der Waals surface area contributed by atoms with Crippen LogP contribution in [0.4, 0.5) is 29.3 Å². The third-order valence-electron chi connectivity index (χ3n) is 3.79. The zero-order chi connectivity index (χ0) is 20.9. The van der Waals surface area contributed by atoms with Crippen molar-refractivity contribution in [3.63, 3.8) is 0 Å². The molecule has 150 valence electrons. The van der Waals surface area contributed by atoms with Gasteiger partial charge in [-0.1, -0.05) is 6.07 Å². The number of hydrogen-bond acceptors (Lipinski definition) is 4. The second-order valence-electron chi connectivity index (χ2n) is 5.89. The number of anilines is 2. The molecule has 2 aromatic heterocycles. The Morgan fingerprint density at radius 1 is 1.10 bits per heavy atom. The van der Waals surface area contributed by atoms with Crippen molar-refractivity contribution in [1.82, 2.24) is 10.3 Å². The van der Waals surface area contributed by atoms with Crippen LogP contribution in [-0.4, -0.2) is 16.9 Å². The van der Waals surface area contributed by atoms with Crippen LogP contribution >= 0.6 is 0 Å². The van der Waals surface area contributed by atoms with Crippen molar-refractivity contribution in [2.24, 2.45) is 0 Å². The van der Waals surface area contributed by atoms with Crippen molar-refractivity contribution in [2.75, 3.05) is 10.6 Å². The molecule has 0 unspecified atom stereocenters. The number of hydrogen-bond donors (Lipinski definition) is 3. The molecular weight excluding hydrogens is 389 g/mol. The maximum absolute atomic E-state index is 13.4. The van der Waals surface area contributed by atoms with E-state index in [0.717, 1.165) is 12.1 Å². The minimum absolute atomic E-state index is 0.0788. The molecule has 0 spiro atoms. The Morgan fingerprint density at radius 2 is 1.93 bits per heavy atom. The highest BCUT2D eigenvalue weighted by Crippen LogP contribution is 2.36. The summed E-state index contributed by atoms with van der Waals surface area (Å²) in [6.45, 7) is 0.0971. The molecule has 0 aliphatic carbocycles. The molecule has 3 N–H and O–H groups in total. The summed E-state index contributed by atoms with van der Waals surface area (Å²) >= 11 is 0. The molecule has 0 saturated heterocycles. The predicted octanol–water partition coefficient (Wildman–Crippen LogP) is 4.27. The molecule has 0 aliphatic rings. The van der Waals surface area contributed by atoms with E-state index in [1.165, 1.54) is 30.9 Å². The molecule has 3 aromatic rings. The monoisotopic (exact) mass is 404 g/mol. The summed E-state index contributed by atoms with van der Waals surface area (Å²) in [5.74, 6) is -0.623. The number of rotatable bonds is 5. The van der Waals surface area contributed by atoms with Gasteiger partial charge >= 0.3 is 12.2 Å². The van der Waals surface area contributed by atoms with Crippen LogP contribution in [0.2, 0.25) is 0 Å². The lowest BCUT2D eigenvalue weighted by Gasteiger charge is -2.16. The molecule has 0 bridgehead atoms. The highest BCUT2D eigenvalue weighted by molar-refractivity contribution is 6.04. The van der Waals surface area contributed by atoms with Gasteiger partial charge in [-0.2, -0.15) is 13.2 Å². The zero-order valence-electron chi connectivity index (χ0n) is 14.8. The summed E-state index contributed by atoms with van der Waals surface area (Å²) < 4.78 is 45.1. The number of nitrogens with one attached hydrogen (secondary N) is 3. The highest BCUT2D eigenvalue weighted by atomic mass is 19.4. The summed E-state index contributed by atoms with van der Waals surface area (Å²) in [7, 11) is 0. The molecule has 0 saturated carbocycles. The lowest BCUT2D eigenvalue weighted by atomic mass is 10.1. The fraction of sp³-hybridized carbons (Fsp3) is 0.105. The predicted molar refractivity (Wildman–Crippen MR) is 98.2 cm³/mol. The second-order valence-corrected chi connectivity index (χ2v) is 5.89. The summed E-state index contributed by atoms with van der Waals surface area (Å²) in [6.07, 6.45) is 0.781. The fourth-order valence-electron chi connectivity index (χ4n) is 2.41. The van der Waals surface area contributed by atoms with Crippen LogP contribution in [0.15, 0.2) is 65.7 Å². The fourth-order valence-corrected chi connectivity index (χ4v) is 2.41. The largest absolute Gasteiger partial charge is 0.472 e. The Bertz CT molecular complexity index is 990. The van der Waals surface area contributed by atoms with Gasteiger partial charge in [-0.3, -0.25) is 9.78 Å². The molecule has 29 heavy (non-hydrogen) atoms. The van der Waals surface area contributed by atoms with Crippen LogP contribution in [-0.2, 0) is 12.7 Å². The lowest BCUT2D eigenvalue weighted by molar-refractivity contribution is -0.136. The number of alkyl halides is 3. The Kier molecular flexibility index (Phi) is 5.82. The molecule has 7 nitrogen and oxygen atoms in total. The molecule has 3 amide bonds. The van der Waals surface area contributed by atoms with E-state index in [0.29, 0.717) is 5.56 Å². The topological polar surface area (TPSA) is 96.3 Å². The number of furan rings is 1. The molecule has 0 fully saturated rings. The van der Waals surface area contributed by atoms with E-state index in [2.05, 4.69) is 20.9 Å². The van der Waals surface area contributed by atoms with E-state index in [1.807, 2.05) is 0 Å². The molecule has 0 atom stereocenters. The van der Waals surface area contributed by atoms with Gasteiger partial charge in [0.2, 0.25) is 0 Å². The first-order valence-electron chi connectivity index (χ1n) is 8.31. The van der Waals surface area contributed by atoms with Gasteiger partial charge in [-0.15, -0.1) is 0 Å². The van der Waals surface area contributed by atoms with E-state index in [4.69, 9.17) is 4.42 Å². The van der Waals surface area contributed by atoms with Crippen LogP contribution in [0.25, 0.3) is 0 Å². The Morgan fingerprint density at radius 3 is 2.59 bits per heavy atom. The summed E-state index contributed by atoms with van der Waals surface area (Å²) in [5.41, 5.74) is -0.766. The smallest absolute Gasteiger partial charge is 0.418 e. The molecule has 0 aliphatic heterocycles. The van der Waals surface area contributed by atoms with Gasteiger partial charge in [-0.05, 0) is 35.9 Å². The minimum atomic E-state index is -4.75. The third-order valence-corrected chi connectivity index (χ3v) is 3.79. The van der Waals surface area contributed by atoms with Gasteiger partial charge < -0.3 is 20.4 Å². The summed E-state index contributed by atoms with van der Waals surface area (Å²) in [5, 5.41) is 6.98. The third kappa shape index (κ3) is 5.34. The van der Waals surface area contributed by atoms with Crippen LogP contribution in [0.3, 0.4) is 0 Å². The van der Waals surface area contributed by atoms with E-state index < -0.39 is 29.4 Å². The maximum Gasteiger partial charge on any atom is 0.418 e. The van der Waals surface area contributed by atoms with Crippen LogP contribution < -0.4 is 16.0 Å². The van der Waals surface area contributed by atoms with E-state index in [-0.39, 0.29) is 17.8 Å². The number of pyridine rings is 1. The van der Waals surface area contributed by atoms with E-state index in [9.17, 15) is 22.8 Å². The minimum Gasteiger partial charge on any atom is -0.472 e. The average molecular weight is 404 g/mol. The number of benzene rings is 1. The van der Waals surface area contributed by atoms with Gasteiger partial charge in [0.25, 0.3) is 5.91 Å². The molecular formula is C19H15F3N4O3. The first kappa shape index (κ1) is 19.9. The van der Waals surface area contributed by atoms with Gasteiger partial charge in [0, 0.05) is 24.6 Å². The van der Waals surface area contributed by atoms with Gasteiger partial charge in [-0.25, -0.2) is 4.79 Å². The van der Waals surface area contributed by atoms with E-state index in [1.54, 1.807) is 18.3 Å².